The fourth-order valence-electron chi connectivity index (χ4n) is 1.94. The Labute approximate surface area is 97.1 Å². The van der Waals surface area contributed by atoms with Crippen molar-refractivity contribution in [2.24, 2.45) is 0 Å². The maximum absolute atomic E-state index is 9.78. The largest absolute Gasteiger partial charge is 0.394 e. The van der Waals surface area contributed by atoms with Crippen LogP contribution in [0.15, 0.2) is 6.07 Å². The number of nitrogens with one attached hydrogen (secondary N) is 1. The molecule has 0 amide bonds. The molecule has 7 heteroatoms. The number of nitrogens with zero attached hydrogens (tertiary/aromatic N) is 1. The fourth-order valence-corrected chi connectivity index (χ4v) is 1.94. The molecule has 0 aliphatic carbocycles. The molecule has 6 N–H and O–H groups in total. The van der Waals surface area contributed by atoms with Crippen molar-refractivity contribution in [3.8, 4) is 6.07 Å². The third-order valence-electron chi connectivity index (χ3n) is 2.85. The van der Waals surface area contributed by atoms with E-state index in [1.54, 1.807) is 0 Å². The van der Waals surface area contributed by atoms with Gasteiger partial charge in [0.1, 0.15) is 42.0 Å². The second-order valence-corrected chi connectivity index (χ2v) is 3.92. The van der Waals surface area contributed by atoms with Crippen molar-refractivity contribution < 1.29 is 20.1 Å². The van der Waals surface area contributed by atoms with Gasteiger partial charge in [-0.05, 0) is 6.07 Å². The lowest BCUT2D eigenvalue weighted by Gasteiger charge is -2.13. The zero-order valence-corrected chi connectivity index (χ0v) is 8.87. The number of nitriles is 1. The Balaban J connectivity index is 2.29. The molecule has 1 aliphatic heterocycles. The van der Waals surface area contributed by atoms with Crippen molar-refractivity contribution in [3.05, 3.63) is 17.3 Å². The van der Waals surface area contributed by atoms with E-state index in [9.17, 15) is 10.2 Å². The second kappa shape index (κ2) is 4.35. The maximum atomic E-state index is 9.78. The van der Waals surface area contributed by atoms with Gasteiger partial charge in [-0.1, -0.05) is 0 Å². The third-order valence-corrected chi connectivity index (χ3v) is 2.85. The number of nitrogens with two attached hydrogens (primary N) is 1. The van der Waals surface area contributed by atoms with E-state index in [0.29, 0.717) is 5.56 Å². The molecule has 4 atom stereocenters. The minimum atomic E-state index is -1.18. The Kier molecular flexibility index (Phi) is 3.04. The van der Waals surface area contributed by atoms with E-state index in [2.05, 4.69) is 4.98 Å². The number of hydrogen-bond donors (Lipinski definition) is 5. The van der Waals surface area contributed by atoms with Crippen LogP contribution in [0.4, 0.5) is 5.82 Å². The topological polar surface area (TPSA) is 136 Å². The minimum Gasteiger partial charge on any atom is -0.394 e. The summed E-state index contributed by atoms with van der Waals surface area (Å²) in [5.74, 6) is 0.205. The normalized spacial score (nSPS) is 32.6. The lowest BCUT2D eigenvalue weighted by molar-refractivity contribution is -0.0225. The maximum Gasteiger partial charge on any atom is 0.119 e. The summed E-state index contributed by atoms with van der Waals surface area (Å²) in [6.07, 6.45) is -4.06. The van der Waals surface area contributed by atoms with E-state index in [4.69, 9.17) is 20.8 Å². The van der Waals surface area contributed by atoms with Crippen LogP contribution < -0.4 is 5.73 Å². The van der Waals surface area contributed by atoms with Gasteiger partial charge in [0.05, 0.1) is 6.61 Å². The van der Waals surface area contributed by atoms with Crippen LogP contribution in [0.3, 0.4) is 0 Å². The summed E-state index contributed by atoms with van der Waals surface area (Å²) in [5, 5.41) is 37.0. The smallest absolute Gasteiger partial charge is 0.119 e. The van der Waals surface area contributed by atoms with Gasteiger partial charge in [-0.15, -0.1) is 0 Å². The van der Waals surface area contributed by atoms with Crippen LogP contribution in [-0.4, -0.2) is 45.2 Å². The van der Waals surface area contributed by atoms with E-state index in [1.807, 2.05) is 6.07 Å². The van der Waals surface area contributed by atoms with E-state index in [1.165, 1.54) is 6.07 Å². The number of hydrogen-bond acceptors (Lipinski definition) is 6. The highest BCUT2D eigenvalue weighted by Gasteiger charge is 2.44. The highest BCUT2D eigenvalue weighted by atomic mass is 16.6. The van der Waals surface area contributed by atoms with E-state index in [0.717, 1.165) is 0 Å². The number of aromatic amines is 1. The molecular weight excluding hydrogens is 226 g/mol. The van der Waals surface area contributed by atoms with Gasteiger partial charge < -0.3 is 30.8 Å². The van der Waals surface area contributed by atoms with Crippen LogP contribution in [0.25, 0.3) is 0 Å². The summed E-state index contributed by atoms with van der Waals surface area (Å²) < 4.78 is 5.30. The molecule has 1 aromatic rings. The molecule has 17 heavy (non-hydrogen) atoms. The summed E-state index contributed by atoms with van der Waals surface area (Å²) in [6, 6.07) is 3.33. The molecule has 0 aromatic carbocycles. The van der Waals surface area contributed by atoms with Crippen molar-refractivity contribution >= 4 is 5.82 Å². The molecule has 0 spiro atoms. The van der Waals surface area contributed by atoms with Gasteiger partial charge in [-0.3, -0.25) is 0 Å². The Morgan fingerprint density at radius 2 is 2.18 bits per heavy atom. The van der Waals surface area contributed by atoms with E-state index in [-0.39, 0.29) is 11.5 Å². The first-order valence-corrected chi connectivity index (χ1v) is 5.09. The Bertz CT molecular complexity index is 453. The number of aliphatic hydroxyl groups excluding tert-OH is 3. The number of aliphatic hydroxyl groups is 3. The van der Waals surface area contributed by atoms with Gasteiger partial charge in [-0.2, -0.15) is 5.26 Å². The van der Waals surface area contributed by atoms with Crippen molar-refractivity contribution in [3.63, 3.8) is 0 Å². The molecule has 1 saturated heterocycles. The Morgan fingerprint density at radius 1 is 1.47 bits per heavy atom. The van der Waals surface area contributed by atoms with Gasteiger partial charge in [0.15, 0.2) is 0 Å². The van der Waals surface area contributed by atoms with E-state index >= 15 is 0 Å². The van der Waals surface area contributed by atoms with Crippen LogP contribution >= 0.6 is 0 Å². The SMILES string of the molecule is N#Cc1cc([C@@H]2O[C@H](CO)[C@@H](O)[C@H]2O)c(N)[nH]1. The van der Waals surface area contributed by atoms with Crippen LogP contribution in [0.1, 0.15) is 17.4 Å². The Hall–Kier alpha value is -1.59. The predicted octanol–water partition coefficient (Wildman–Crippen LogP) is -1.38. The van der Waals surface area contributed by atoms with Gasteiger partial charge >= 0.3 is 0 Å². The zero-order chi connectivity index (χ0) is 12.6. The first-order valence-electron chi connectivity index (χ1n) is 5.09. The molecule has 2 rings (SSSR count). The molecule has 1 fully saturated rings. The fraction of sp³-hybridized carbons (Fsp3) is 0.500. The van der Waals surface area contributed by atoms with Crippen molar-refractivity contribution in [1.29, 1.82) is 5.26 Å². The molecule has 0 radical (unpaired) electrons. The molecule has 1 aliphatic rings. The number of rotatable bonds is 2. The number of H-pyrrole nitrogens is 1. The molecule has 2 heterocycles. The quantitative estimate of drug-likeness (QED) is 0.431. The molecule has 0 bridgehead atoms. The first-order chi connectivity index (χ1) is 8.08. The minimum absolute atomic E-state index is 0.205. The van der Waals surface area contributed by atoms with Gasteiger partial charge in [0, 0.05) is 5.56 Å². The Morgan fingerprint density at radius 3 is 2.65 bits per heavy atom. The number of aromatic nitrogens is 1. The summed E-state index contributed by atoms with van der Waals surface area (Å²) >= 11 is 0. The van der Waals surface area contributed by atoms with Crippen molar-refractivity contribution in [2.45, 2.75) is 24.4 Å². The third kappa shape index (κ3) is 1.87. The molecule has 92 valence electrons. The predicted molar refractivity (Wildman–Crippen MR) is 56.6 cm³/mol. The molecule has 0 saturated carbocycles. The average Bonchev–Trinajstić information content (AvgIpc) is 2.82. The lowest BCUT2D eigenvalue weighted by Crippen LogP contribution is -2.32. The zero-order valence-electron chi connectivity index (χ0n) is 8.87. The number of anilines is 1. The summed E-state index contributed by atoms with van der Waals surface area (Å²) in [6.45, 7) is -0.399. The lowest BCUT2D eigenvalue weighted by atomic mass is 10.0. The second-order valence-electron chi connectivity index (χ2n) is 3.92. The molecule has 0 unspecified atom stereocenters. The molecule has 7 nitrogen and oxygen atoms in total. The molecular formula is C10H13N3O4. The van der Waals surface area contributed by atoms with Crippen molar-refractivity contribution in [1.82, 2.24) is 4.98 Å². The highest BCUT2D eigenvalue weighted by Crippen LogP contribution is 2.36. The number of nitrogen functional groups attached to an aromatic ring is 1. The summed E-state index contributed by atoms with van der Waals surface area (Å²) in [7, 11) is 0. The monoisotopic (exact) mass is 239 g/mol. The molecule has 1 aromatic heterocycles. The standard InChI is InChI=1S/C10H13N3O4/c11-2-4-1-5(10(12)13-4)9-8(16)7(15)6(3-14)17-9/h1,6-9,13-16H,3,12H2/t6-,7-,8-,9+/m1/s1. The van der Waals surface area contributed by atoms with Crippen molar-refractivity contribution in [2.75, 3.05) is 12.3 Å². The van der Waals surface area contributed by atoms with Gasteiger partial charge in [-0.25, -0.2) is 0 Å². The number of ether oxygens (including phenoxy) is 1. The van der Waals surface area contributed by atoms with E-state index < -0.39 is 31.0 Å². The first kappa shape index (κ1) is 11.9. The summed E-state index contributed by atoms with van der Waals surface area (Å²) in [5.41, 5.74) is 6.30. The van der Waals surface area contributed by atoms with Crippen LogP contribution in [0.2, 0.25) is 0 Å². The van der Waals surface area contributed by atoms with Gasteiger partial charge in [0.2, 0.25) is 0 Å². The van der Waals surface area contributed by atoms with Gasteiger partial charge in [0.25, 0.3) is 0 Å². The van der Waals surface area contributed by atoms with Crippen LogP contribution in [-0.2, 0) is 4.74 Å². The summed E-state index contributed by atoms with van der Waals surface area (Å²) in [4.78, 5) is 2.62. The average molecular weight is 239 g/mol. The van der Waals surface area contributed by atoms with Crippen LogP contribution in [0.5, 0.6) is 0 Å². The highest BCUT2D eigenvalue weighted by molar-refractivity contribution is 5.48. The van der Waals surface area contributed by atoms with Crippen LogP contribution in [0, 0.1) is 11.3 Å².